The molecule has 0 heterocycles. The van der Waals surface area contributed by atoms with Crippen molar-refractivity contribution in [2.24, 2.45) is 5.41 Å². The lowest BCUT2D eigenvalue weighted by molar-refractivity contribution is 0.303. The van der Waals surface area contributed by atoms with Crippen molar-refractivity contribution in [2.75, 3.05) is 18.6 Å². The Labute approximate surface area is 101 Å². The molecule has 0 saturated carbocycles. The zero-order valence-corrected chi connectivity index (χ0v) is 12.2. The monoisotopic (exact) mass is 249 g/mol. The maximum Gasteiger partial charge on any atom is 0.147 e. The van der Waals surface area contributed by atoms with Gasteiger partial charge in [0.15, 0.2) is 0 Å². The lowest BCUT2D eigenvalue weighted by atomic mass is 9.87. The smallest absolute Gasteiger partial charge is 0.147 e. The van der Waals surface area contributed by atoms with Crippen LogP contribution in [0.4, 0.5) is 0 Å². The molecule has 1 unspecified atom stereocenters. The molecule has 4 heteroatoms. The van der Waals surface area contributed by atoms with E-state index in [1.807, 2.05) is 0 Å². The first kappa shape index (κ1) is 15.9. The van der Waals surface area contributed by atoms with E-state index in [1.165, 1.54) is 6.26 Å². The Balaban J connectivity index is 4.21. The standard InChI is InChI=1S/C12H27NO2S/c1-6-8-13-11(10-12(2,3)4)7-9-16(5,14)15/h11,13H,6-10H2,1-5H3. The molecule has 16 heavy (non-hydrogen) atoms. The first-order valence-electron chi connectivity index (χ1n) is 6.05. The summed E-state index contributed by atoms with van der Waals surface area (Å²) in [6, 6.07) is 0.315. The summed E-state index contributed by atoms with van der Waals surface area (Å²) in [7, 11) is -2.84. The summed E-state index contributed by atoms with van der Waals surface area (Å²) in [5.41, 5.74) is 0.239. The summed E-state index contributed by atoms with van der Waals surface area (Å²) < 4.78 is 22.3. The third-order valence-corrected chi connectivity index (χ3v) is 3.36. The summed E-state index contributed by atoms with van der Waals surface area (Å²) in [5, 5.41) is 3.43. The van der Waals surface area contributed by atoms with E-state index >= 15 is 0 Å². The Morgan fingerprint density at radius 1 is 1.25 bits per heavy atom. The zero-order chi connectivity index (χ0) is 12.8. The second-order valence-electron chi connectivity index (χ2n) is 5.83. The Morgan fingerprint density at radius 3 is 2.19 bits per heavy atom. The van der Waals surface area contributed by atoms with E-state index in [4.69, 9.17) is 0 Å². The minimum Gasteiger partial charge on any atom is -0.314 e. The van der Waals surface area contributed by atoms with Gasteiger partial charge in [-0.25, -0.2) is 8.42 Å². The molecule has 0 saturated heterocycles. The second kappa shape index (κ2) is 6.60. The minimum atomic E-state index is -2.84. The van der Waals surface area contributed by atoms with Crippen LogP contribution in [0, 0.1) is 5.41 Å². The van der Waals surface area contributed by atoms with Crippen molar-refractivity contribution < 1.29 is 8.42 Å². The molecule has 1 N–H and O–H groups in total. The van der Waals surface area contributed by atoms with E-state index in [2.05, 4.69) is 33.0 Å². The molecule has 0 aliphatic carbocycles. The zero-order valence-electron chi connectivity index (χ0n) is 11.3. The van der Waals surface area contributed by atoms with Crippen LogP contribution in [-0.4, -0.2) is 33.0 Å². The molecule has 0 rings (SSSR count). The van der Waals surface area contributed by atoms with Gasteiger partial charge in [-0.1, -0.05) is 27.7 Å². The summed E-state index contributed by atoms with van der Waals surface area (Å²) in [4.78, 5) is 0. The van der Waals surface area contributed by atoms with Gasteiger partial charge >= 0.3 is 0 Å². The third kappa shape index (κ3) is 10.4. The Morgan fingerprint density at radius 2 is 1.81 bits per heavy atom. The van der Waals surface area contributed by atoms with Gasteiger partial charge in [0.2, 0.25) is 0 Å². The molecule has 0 radical (unpaired) electrons. The lowest BCUT2D eigenvalue weighted by Crippen LogP contribution is -2.35. The molecule has 0 aromatic carbocycles. The normalized spacial score (nSPS) is 15.1. The van der Waals surface area contributed by atoms with Crippen LogP contribution in [0.5, 0.6) is 0 Å². The van der Waals surface area contributed by atoms with Crippen molar-refractivity contribution in [3.8, 4) is 0 Å². The van der Waals surface area contributed by atoms with Gasteiger partial charge in [0.05, 0.1) is 5.75 Å². The van der Waals surface area contributed by atoms with Crippen molar-refractivity contribution in [1.82, 2.24) is 5.32 Å². The van der Waals surface area contributed by atoms with Crippen molar-refractivity contribution in [1.29, 1.82) is 0 Å². The molecule has 0 aromatic rings. The van der Waals surface area contributed by atoms with Crippen LogP contribution in [0.25, 0.3) is 0 Å². The number of nitrogens with one attached hydrogen (secondary N) is 1. The van der Waals surface area contributed by atoms with Gasteiger partial charge < -0.3 is 5.32 Å². The van der Waals surface area contributed by atoms with E-state index in [9.17, 15) is 8.42 Å². The van der Waals surface area contributed by atoms with Crippen LogP contribution in [0.1, 0.15) is 47.0 Å². The fraction of sp³-hybridized carbons (Fsp3) is 1.00. The van der Waals surface area contributed by atoms with E-state index in [-0.39, 0.29) is 11.2 Å². The average Bonchev–Trinajstić information content (AvgIpc) is 2.06. The summed E-state index contributed by atoms with van der Waals surface area (Å²) in [5.74, 6) is 0.282. The molecule has 98 valence electrons. The largest absolute Gasteiger partial charge is 0.314 e. The van der Waals surface area contributed by atoms with Crippen LogP contribution >= 0.6 is 0 Å². The lowest BCUT2D eigenvalue weighted by Gasteiger charge is -2.26. The molecule has 0 amide bonds. The molecule has 0 aromatic heterocycles. The summed E-state index contributed by atoms with van der Waals surface area (Å²) >= 11 is 0. The molecular weight excluding hydrogens is 222 g/mol. The number of sulfone groups is 1. The van der Waals surface area contributed by atoms with E-state index in [1.54, 1.807) is 0 Å². The van der Waals surface area contributed by atoms with Gasteiger partial charge in [0, 0.05) is 12.3 Å². The SMILES string of the molecule is CCCNC(CCS(C)(=O)=O)CC(C)(C)C. The fourth-order valence-corrected chi connectivity index (χ4v) is 2.43. The predicted molar refractivity (Wildman–Crippen MR) is 70.5 cm³/mol. The number of hydrogen-bond acceptors (Lipinski definition) is 3. The van der Waals surface area contributed by atoms with Crippen molar-refractivity contribution in [2.45, 2.75) is 53.0 Å². The first-order chi connectivity index (χ1) is 7.14. The summed E-state index contributed by atoms with van der Waals surface area (Å²) in [6.07, 6.45) is 4.12. The highest BCUT2D eigenvalue weighted by molar-refractivity contribution is 7.90. The third-order valence-electron chi connectivity index (χ3n) is 2.38. The van der Waals surface area contributed by atoms with Gasteiger partial charge in [-0.3, -0.25) is 0 Å². The summed E-state index contributed by atoms with van der Waals surface area (Å²) in [6.45, 7) is 9.65. The molecule has 0 aliphatic heterocycles. The second-order valence-corrected chi connectivity index (χ2v) is 8.09. The van der Waals surface area contributed by atoms with Gasteiger partial charge in [0.25, 0.3) is 0 Å². The van der Waals surface area contributed by atoms with Crippen molar-refractivity contribution in [3.63, 3.8) is 0 Å². The van der Waals surface area contributed by atoms with Crippen LogP contribution in [0.2, 0.25) is 0 Å². The molecule has 3 nitrogen and oxygen atoms in total. The van der Waals surface area contributed by atoms with Crippen molar-refractivity contribution >= 4 is 9.84 Å². The quantitative estimate of drug-likeness (QED) is 0.752. The molecule has 0 aliphatic rings. The number of rotatable bonds is 7. The highest BCUT2D eigenvalue weighted by atomic mass is 32.2. The van der Waals surface area contributed by atoms with Gasteiger partial charge in [-0.05, 0) is 31.2 Å². The molecular formula is C12H27NO2S. The predicted octanol–water partition coefficient (Wildman–Crippen LogP) is 2.23. The molecule has 1 atom stereocenters. The van der Waals surface area contributed by atoms with E-state index in [0.29, 0.717) is 6.04 Å². The van der Waals surface area contributed by atoms with Crippen LogP contribution in [-0.2, 0) is 9.84 Å². The minimum absolute atomic E-state index is 0.239. The van der Waals surface area contributed by atoms with Crippen molar-refractivity contribution in [3.05, 3.63) is 0 Å². The Kier molecular flexibility index (Phi) is 6.56. The Hall–Kier alpha value is -0.0900. The fourth-order valence-electron chi connectivity index (χ4n) is 1.72. The van der Waals surface area contributed by atoms with E-state index in [0.717, 1.165) is 25.8 Å². The van der Waals surface area contributed by atoms with Crippen LogP contribution in [0.15, 0.2) is 0 Å². The average molecular weight is 249 g/mol. The maximum absolute atomic E-state index is 11.1. The maximum atomic E-state index is 11.1. The topological polar surface area (TPSA) is 46.2 Å². The van der Waals surface area contributed by atoms with Gasteiger partial charge in [0.1, 0.15) is 9.84 Å². The highest BCUT2D eigenvalue weighted by Crippen LogP contribution is 2.22. The Bertz CT molecular complexity index is 278. The molecule has 0 spiro atoms. The first-order valence-corrected chi connectivity index (χ1v) is 8.11. The van der Waals surface area contributed by atoms with E-state index < -0.39 is 9.84 Å². The highest BCUT2D eigenvalue weighted by Gasteiger charge is 2.19. The van der Waals surface area contributed by atoms with Crippen LogP contribution in [0.3, 0.4) is 0 Å². The number of hydrogen-bond donors (Lipinski definition) is 1. The molecule has 0 bridgehead atoms. The molecule has 0 fully saturated rings. The van der Waals surface area contributed by atoms with Crippen LogP contribution < -0.4 is 5.32 Å². The van der Waals surface area contributed by atoms with Gasteiger partial charge in [-0.2, -0.15) is 0 Å². The van der Waals surface area contributed by atoms with Gasteiger partial charge in [-0.15, -0.1) is 0 Å².